The molecule has 0 spiro atoms. The van der Waals surface area contributed by atoms with E-state index in [-0.39, 0.29) is 41.2 Å². The van der Waals surface area contributed by atoms with Crippen LogP contribution in [0.5, 0.6) is 0 Å². The van der Waals surface area contributed by atoms with Crippen LogP contribution in [0.15, 0.2) is 27.0 Å². The van der Waals surface area contributed by atoms with Crippen molar-refractivity contribution < 1.29 is 14.4 Å². The van der Waals surface area contributed by atoms with Gasteiger partial charge in [-0.3, -0.25) is 24.2 Å². The second-order valence-corrected chi connectivity index (χ2v) is 17.9. The number of fused-ring (bicyclic) bond motifs is 3. The fourth-order valence-electron chi connectivity index (χ4n) is 8.64. The summed E-state index contributed by atoms with van der Waals surface area (Å²) in [5.41, 5.74) is 11.3. The van der Waals surface area contributed by atoms with Crippen molar-refractivity contribution in [3.63, 3.8) is 0 Å². The maximum Gasteiger partial charge on any atom is 0.247 e. The number of hydrogen-bond donors (Lipinski definition) is 0. The lowest BCUT2D eigenvalue weighted by atomic mass is 9.76. The number of hydrogen-bond acceptors (Lipinski definition) is 6. The van der Waals surface area contributed by atoms with Gasteiger partial charge in [0.05, 0.1) is 11.2 Å². The van der Waals surface area contributed by atoms with Crippen LogP contribution in [0.2, 0.25) is 0 Å². The summed E-state index contributed by atoms with van der Waals surface area (Å²) in [4.78, 5) is 46.7. The van der Waals surface area contributed by atoms with E-state index in [1.165, 1.54) is 65.7 Å². The Bertz CT molecular complexity index is 1570. The van der Waals surface area contributed by atoms with E-state index in [0.717, 1.165) is 68.6 Å². The molecule has 0 saturated carbocycles. The van der Waals surface area contributed by atoms with Gasteiger partial charge in [-0.15, -0.1) is 23.5 Å². The zero-order valence-electron chi connectivity index (χ0n) is 34.8. The van der Waals surface area contributed by atoms with Crippen molar-refractivity contribution in [2.24, 2.45) is 0 Å². The monoisotopic (exact) mass is 768 g/mol. The van der Waals surface area contributed by atoms with E-state index in [0.29, 0.717) is 0 Å². The Hall–Kier alpha value is -1.90. The summed E-state index contributed by atoms with van der Waals surface area (Å²) in [7, 11) is 0. The minimum absolute atomic E-state index is 0.150. The first-order chi connectivity index (χ1) is 25.0. The Labute approximate surface area is 330 Å². The molecule has 3 amide bonds. The van der Waals surface area contributed by atoms with Crippen molar-refractivity contribution in [2.75, 3.05) is 23.0 Å². The van der Waals surface area contributed by atoms with Crippen LogP contribution in [-0.2, 0) is 20.8 Å². The molecule has 1 fully saturated rings. The highest BCUT2D eigenvalue weighted by atomic mass is 32.2. The molecule has 0 N–H and O–H groups in total. The third kappa shape index (κ3) is 7.65. The molecule has 1 aromatic carbocycles. The number of imide groups is 1. The maximum atomic E-state index is 15.0. The molecule has 5 nitrogen and oxygen atoms in total. The Morgan fingerprint density at radius 1 is 0.865 bits per heavy atom. The summed E-state index contributed by atoms with van der Waals surface area (Å²) in [5, 5.41) is 0. The predicted octanol–water partition coefficient (Wildman–Crippen LogP) is 12.7. The molecule has 1 unspecified atom stereocenters. The van der Waals surface area contributed by atoms with Gasteiger partial charge in [0.2, 0.25) is 17.7 Å². The highest BCUT2D eigenvalue weighted by molar-refractivity contribution is 8.19. The van der Waals surface area contributed by atoms with Gasteiger partial charge >= 0.3 is 0 Å². The molecule has 290 valence electrons. The average molecular weight is 769 g/mol. The van der Waals surface area contributed by atoms with E-state index >= 15 is 0 Å². The van der Waals surface area contributed by atoms with Gasteiger partial charge in [-0.05, 0) is 109 Å². The van der Waals surface area contributed by atoms with E-state index < -0.39 is 5.54 Å². The number of rotatable bonds is 13. The molecule has 1 atom stereocenters. The zero-order chi connectivity index (χ0) is 39.0. The second-order valence-electron chi connectivity index (χ2n) is 13.8. The van der Waals surface area contributed by atoms with Gasteiger partial charge in [-0.2, -0.15) is 0 Å². The van der Waals surface area contributed by atoms with Crippen LogP contribution in [0.1, 0.15) is 170 Å². The molecule has 0 radical (unpaired) electrons. The number of anilines is 1. The molecule has 0 bridgehead atoms. The Morgan fingerprint density at radius 3 is 1.96 bits per heavy atom. The summed E-state index contributed by atoms with van der Waals surface area (Å²) in [6.07, 6.45) is 9.11. The van der Waals surface area contributed by atoms with E-state index in [2.05, 4.69) is 111 Å². The van der Waals surface area contributed by atoms with Crippen LogP contribution >= 0.6 is 35.3 Å². The highest BCUT2D eigenvalue weighted by Gasteiger charge is 2.56. The number of thioether (sulfide) groups is 3. The topological polar surface area (TPSA) is 57.7 Å². The molecule has 1 aliphatic carbocycles. The number of benzene rings is 1. The second kappa shape index (κ2) is 19.6. The van der Waals surface area contributed by atoms with Crippen LogP contribution in [0.25, 0.3) is 11.1 Å². The van der Waals surface area contributed by atoms with Crippen molar-refractivity contribution in [3.05, 3.63) is 49.3 Å². The summed E-state index contributed by atoms with van der Waals surface area (Å²) >= 11 is 6.10. The Balaban J connectivity index is 0.00000139. The quantitative estimate of drug-likeness (QED) is 0.147. The standard InChI is InChI=1S/C39H54N2O3S3.C3H8.C2H6/c1-10-20-46-39(45-17-8)29(13-4)30(14-5)47-37-35(39)28-22-26-21-25(11-2)27(12-3)34(26)24(9)36(28)41(38(37,15-6)16-7)33(44)23-40-31(42)18-19-32(40)43;1-3-2;1-2/h22H,10-21,23H2,1-9H3;3H2,1-2H3;1-2H3. The van der Waals surface area contributed by atoms with Crippen LogP contribution in [0.3, 0.4) is 0 Å². The average Bonchev–Trinajstić information content (AvgIpc) is 3.68. The largest absolute Gasteiger partial charge is 0.299 e. The van der Waals surface area contributed by atoms with E-state index in [9.17, 15) is 14.4 Å². The van der Waals surface area contributed by atoms with Crippen molar-refractivity contribution in [1.29, 1.82) is 0 Å². The molecule has 8 heteroatoms. The highest BCUT2D eigenvalue weighted by Crippen LogP contribution is 2.68. The van der Waals surface area contributed by atoms with Gasteiger partial charge in [0, 0.05) is 28.9 Å². The van der Waals surface area contributed by atoms with Gasteiger partial charge in [-0.1, -0.05) is 107 Å². The third-order valence-electron chi connectivity index (χ3n) is 10.8. The maximum absolute atomic E-state index is 15.0. The first-order valence-corrected chi connectivity index (χ1v) is 23.3. The normalized spacial score (nSPS) is 20.4. The fraction of sp³-hybridized carbons (Fsp3) is 0.659. The lowest BCUT2D eigenvalue weighted by molar-refractivity contribution is -0.142. The molecule has 4 aliphatic rings. The van der Waals surface area contributed by atoms with Crippen LogP contribution in [0.4, 0.5) is 5.69 Å². The first-order valence-electron chi connectivity index (χ1n) is 20.5. The molecular formula is C44H68N2O3S3. The van der Waals surface area contributed by atoms with E-state index in [1.54, 1.807) is 0 Å². The summed E-state index contributed by atoms with van der Waals surface area (Å²) in [6, 6.07) is 2.45. The summed E-state index contributed by atoms with van der Waals surface area (Å²) < 4.78 is -0.250. The molecular weight excluding hydrogens is 701 g/mol. The van der Waals surface area contributed by atoms with Gasteiger partial charge in [0.15, 0.2) is 0 Å². The summed E-state index contributed by atoms with van der Waals surface area (Å²) in [5.74, 6) is 1.43. The van der Waals surface area contributed by atoms with Gasteiger partial charge in [0.1, 0.15) is 10.6 Å². The van der Waals surface area contributed by atoms with Crippen LogP contribution in [-0.4, -0.2) is 50.3 Å². The number of likely N-dealkylation sites (tertiary alicyclic amines) is 1. The lowest BCUT2D eigenvalue weighted by Gasteiger charge is -2.55. The van der Waals surface area contributed by atoms with Gasteiger partial charge in [-0.25, -0.2) is 0 Å². The number of amides is 3. The van der Waals surface area contributed by atoms with E-state index in [4.69, 9.17) is 0 Å². The van der Waals surface area contributed by atoms with Crippen molar-refractivity contribution >= 4 is 69.8 Å². The van der Waals surface area contributed by atoms with Crippen molar-refractivity contribution in [3.8, 4) is 0 Å². The summed E-state index contributed by atoms with van der Waals surface area (Å²) in [6.45, 7) is 28.4. The van der Waals surface area contributed by atoms with Gasteiger partial charge in [0.25, 0.3) is 0 Å². The minimum Gasteiger partial charge on any atom is -0.299 e. The lowest BCUT2D eigenvalue weighted by Crippen LogP contribution is -2.59. The third-order valence-corrected chi connectivity index (χ3v) is 15.7. The molecule has 1 saturated heterocycles. The minimum atomic E-state index is -0.594. The molecule has 1 aromatic rings. The van der Waals surface area contributed by atoms with Gasteiger partial charge < -0.3 is 0 Å². The molecule has 52 heavy (non-hydrogen) atoms. The Kier molecular flexibility index (Phi) is 16.8. The molecule has 5 rings (SSSR count). The van der Waals surface area contributed by atoms with Crippen molar-refractivity contribution in [1.82, 2.24) is 4.90 Å². The molecule has 0 aromatic heterocycles. The predicted molar refractivity (Wildman–Crippen MR) is 232 cm³/mol. The number of carbonyl (C=O) groups is 3. The van der Waals surface area contributed by atoms with Crippen molar-refractivity contribution in [2.45, 2.75) is 170 Å². The molecule has 3 aliphatic heterocycles. The smallest absolute Gasteiger partial charge is 0.247 e. The van der Waals surface area contributed by atoms with Crippen LogP contribution in [0, 0.1) is 6.92 Å². The SMILES string of the molecule is CC.CCC.CCCSC1(SCC)C(CC)=C(CC)SC2=C1c1cc3c(c(C)c1N(C(=O)CN1C(=O)CCC1=O)C2(CC)CC)C(CC)=C(CC)C3. The fourth-order valence-corrected chi connectivity index (χ4v) is 14.1. The first kappa shape index (κ1) is 44.5. The van der Waals surface area contributed by atoms with E-state index in [1.807, 2.05) is 25.6 Å². The van der Waals surface area contributed by atoms with Crippen LogP contribution < -0.4 is 4.90 Å². The Morgan fingerprint density at radius 2 is 1.48 bits per heavy atom. The number of carbonyl (C=O) groups excluding carboxylic acids is 3. The zero-order valence-corrected chi connectivity index (χ0v) is 37.3. The molecule has 3 heterocycles. The number of nitrogens with zero attached hydrogens (tertiary/aromatic N) is 2. The number of allylic oxidation sites excluding steroid dienone is 3.